The average molecular weight is 216 g/mol. The Morgan fingerprint density at radius 1 is 1.25 bits per heavy atom. The summed E-state index contributed by atoms with van der Waals surface area (Å²) in [5.41, 5.74) is 0.464. The Bertz CT molecular complexity index is 477. The van der Waals surface area contributed by atoms with Gasteiger partial charge in [0.1, 0.15) is 5.83 Å². The van der Waals surface area contributed by atoms with Gasteiger partial charge in [-0.25, -0.2) is 9.40 Å². The molecule has 0 saturated heterocycles. The van der Waals surface area contributed by atoms with E-state index in [1.807, 2.05) is 0 Å². The first kappa shape index (κ1) is 10.3. The van der Waals surface area contributed by atoms with E-state index in [9.17, 15) is 9.18 Å². The van der Waals surface area contributed by atoms with Gasteiger partial charge in [0, 0.05) is 11.8 Å². The van der Waals surface area contributed by atoms with Crippen molar-refractivity contribution >= 4 is 12.1 Å². The SMILES string of the molecule is O=C(c1ccccc1)N1C=C(F)C=CC=N1. The second-order valence-corrected chi connectivity index (χ2v) is 3.15. The van der Waals surface area contributed by atoms with Gasteiger partial charge in [0.15, 0.2) is 0 Å². The van der Waals surface area contributed by atoms with E-state index in [1.54, 1.807) is 30.3 Å². The molecule has 2 rings (SSSR count). The van der Waals surface area contributed by atoms with Gasteiger partial charge in [-0.3, -0.25) is 4.79 Å². The summed E-state index contributed by atoms with van der Waals surface area (Å²) < 4.78 is 13.1. The molecule has 4 heteroatoms. The minimum Gasteiger partial charge on any atom is -0.267 e. The number of rotatable bonds is 1. The van der Waals surface area contributed by atoms with Crippen LogP contribution in [0.5, 0.6) is 0 Å². The van der Waals surface area contributed by atoms with Crippen LogP contribution in [0, 0.1) is 0 Å². The van der Waals surface area contributed by atoms with Gasteiger partial charge >= 0.3 is 0 Å². The summed E-state index contributed by atoms with van der Waals surface area (Å²) in [6.07, 6.45) is 5.09. The van der Waals surface area contributed by atoms with Gasteiger partial charge in [0.25, 0.3) is 5.91 Å². The van der Waals surface area contributed by atoms with Gasteiger partial charge in [-0.05, 0) is 24.3 Å². The Labute approximate surface area is 92.2 Å². The summed E-state index contributed by atoms with van der Waals surface area (Å²) in [6, 6.07) is 8.60. The van der Waals surface area contributed by atoms with E-state index in [1.165, 1.54) is 18.4 Å². The Balaban J connectivity index is 2.26. The van der Waals surface area contributed by atoms with Crippen molar-refractivity contribution in [1.82, 2.24) is 5.01 Å². The Hall–Kier alpha value is -2.23. The van der Waals surface area contributed by atoms with Gasteiger partial charge in [-0.15, -0.1) is 0 Å². The molecule has 0 spiro atoms. The van der Waals surface area contributed by atoms with E-state index in [0.717, 1.165) is 11.2 Å². The highest BCUT2D eigenvalue weighted by molar-refractivity contribution is 5.95. The molecule has 0 saturated carbocycles. The van der Waals surface area contributed by atoms with Gasteiger partial charge in [0.2, 0.25) is 0 Å². The molecule has 0 aliphatic carbocycles. The van der Waals surface area contributed by atoms with E-state index in [-0.39, 0.29) is 5.91 Å². The van der Waals surface area contributed by atoms with Crippen molar-refractivity contribution in [3.05, 3.63) is 60.1 Å². The van der Waals surface area contributed by atoms with Crippen molar-refractivity contribution in [3.8, 4) is 0 Å². The highest BCUT2D eigenvalue weighted by atomic mass is 19.1. The summed E-state index contributed by atoms with van der Waals surface area (Å²) in [5, 5.41) is 4.78. The van der Waals surface area contributed by atoms with E-state index in [2.05, 4.69) is 5.10 Å². The minimum absolute atomic E-state index is 0.365. The first-order chi connectivity index (χ1) is 7.77. The number of carbonyl (C=O) groups excluding carboxylic acids is 1. The summed E-state index contributed by atoms with van der Waals surface area (Å²) in [6.45, 7) is 0. The highest BCUT2D eigenvalue weighted by Gasteiger charge is 2.13. The third kappa shape index (κ3) is 2.23. The maximum absolute atomic E-state index is 13.1. The van der Waals surface area contributed by atoms with Crippen LogP contribution >= 0.6 is 0 Å². The van der Waals surface area contributed by atoms with Crippen molar-refractivity contribution in [2.24, 2.45) is 5.10 Å². The van der Waals surface area contributed by atoms with Gasteiger partial charge in [-0.2, -0.15) is 5.10 Å². The number of allylic oxidation sites excluding steroid dienone is 3. The third-order valence-electron chi connectivity index (χ3n) is 2.01. The van der Waals surface area contributed by atoms with Crippen molar-refractivity contribution in [1.29, 1.82) is 0 Å². The van der Waals surface area contributed by atoms with Gasteiger partial charge < -0.3 is 0 Å². The van der Waals surface area contributed by atoms with Crippen LogP contribution in [0.2, 0.25) is 0 Å². The van der Waals surface area contributed by atoms with E-state index >= 15 is 0 Å². The Morgan fingerprint density at radius 2 is 2.00 bits per heavy atom. The van der Waals surface area contributed by atoms with Crippen LogP contribution in [0.25, 0.3) is 0 Å². The van der Waals surface area contributed by atoms with E-state index < -0.39 is 5.83 Å². The maximum Gasteiger partial charge on any atom is 0.278 e. The zero-order valence-corrected chi connectivity index (χ0v) is 8.38. The van der Waals surface area contributed by atoms with Crippen LogP contribution in [-0.2, 0) is 0 Å². The molecule has 0 bridgehead atoms. The normalized spacial score (nSPS) is 14.6. The largest absolute Gasteiger partial charge is 0.278 e. The molecule has 1 aliphatic heterocycles. The molecule has 1 aromatic rings. The molecule has 0 unspecified atom stereocenters. The molecular weight excluding hydrogens is 207 g/mol. The highest BCUT2D eigenvalue weighted by Crippen LogP contribution is 2.10. The molecule has 3 nitrogen and oxygen atoms in total. The van der Waals surface area contributed by atoms with Crippen LogP contribution in [0.1, 0.15) is 10.4 Å². The lowest BCUT2D eigenvalue weighted by Gasteiger charge is -2.10. The topological polar surface area (TPSA) is 32.7 Å². The summed E-state index contributed by atoms with van der Waals surface area (Å²) in [5.74, 6) is -0.877. The number of hydrogen-bond donors (Lipinski definition) is 0. The fraction of sp³-hybridized carbons (Fsp3) is 0. The third-order valence-corrected chi connectivity index (χ3v) is 2.01. The molecule has 16 heavy (non-hydrogen) atoms. The van der Waals surface area contributed by atoms with Crippen molar-refractivity contribution in [2.45, 2.75) is 0 Å². The number of nitrogens with zero attached hydrogens (tertiary/aromatic N) is 2. The average Bonchev–Trinajstić information content (AvgIpc) is 2.54. The number of benzene rings is 1. The van der Waals surface area contributed by atoms with E-state index in [0.29, 0.717) is 5.56 Å². The Kier molecular flexibility index (Phi) is 2.91. The fourth-order valence-corrected chi connectivity index (χ4v) is 1.26. The number of halogens is 1. The molecule has 1 aromatic carbocycles. The second kappa shape index (κ2) is 4.53. The lowest BCUT2D eigenvalue weighted by atomic mass is 10.2. The van der Waals surface area contributed by atoms with Crippen LogP contribution < -0.4 is 0 Å². The van der Waals surface area contributed by atoms with Crippen LogP contribution in [0.4, 0.5) is 4.39 Å². The lowest BCUT2D eigenvalue weighted by Crippen LogP contribution is -2.20. The first-order valence-corrected chi connectivity index (χ1v) is 4.74. The molecule has 80 valence electrons. The molecule has 1 heterocycles. The van der Waals surface area contributed by atoms with Crippen molar-refractivity contribution in [2.75, 3.05) is 0 Å². The molecule has 1 amide bonds. The summed E-state index contributed by atoms with van der Waals surface area (Å²) >= 11 is 0. The second-order valence-electron chi connectivity index (χ2n) is 3.15. The fourth-order valence-electron chi connectivity index (χ4n) is 1.26. The zero-order valence-electron chi connectivity index (χ0n) is 8.38. The zero-order chi connectivity index (χ0) is 11.4. The molecule has 0 radical (unpaired) electrons. The van der Waals surface area contributed by atoms with Crippen molar-refractivity contribution in [3.63, 3.8) is 0 Å². The van der Waals surface area contributed by atoms with Crippen LogP contribution in [0.3, 0.4) is 0 Å². The van der Waals surface area contributed by atoms with Crippen LogP contribution in [-0.4, -0.2) is 17.1 Å². The molecule has 0 fully saturated rings. The molecular formula is C12H9FN2O. The first-order valence-electron chi connectivity index (χ1n) is 4.74. The monoisotopic (exact) mass is 216 g/mol. The standard InChI is InChI=1S/C12H9FN2O/c13-11-7-4-8-14-15(9-11)12(16)10-5-2-1-3-6-10/h1-9H. The Morgan fingerprint density at radius 3 is 2.75 bits per heavy atom. The molecule has 0 atom stereocenters. The number of hydrazone groups is 1. The van der Waals surface area contributed by atoms with Crippen molar-refractivity contribution < 1.29 is 9.18 Å². The minimum atomic E-state index is -0.512. The number of amides is 1. The lowest BCUT2D eigenvalue weighted by molar-refractivity contribution is 0.0824. The van der Waals surface area contributed by atoms with Crippen LogP contribution in [0.15, 0.2) is 59.6 Å². The molecule has 1 aliphatic rings. The summed E-state index contributed by atoms with van der Waals surface area (Å²) in [7, 11) is 0. The maximum atomic E-state index is 13.1. The van der Waals surface area contributed by atoms with E-state index in [4.69, 9.17) is 0 Å². The van der Waals surface area contributed by atoms with Gasteiger partial charge in [0.05, 0.1) is 6.20 Å². The molecule has 0 N–H and O–H groups in total. The smallest absolute Gasteiger partial charge is 0.267 e. The quantitative estimate of drug-likeness (QED) is 0.709. The predicted molar refractivity (Wildman–Crippen MR) is 59.4 cm³/mol. The molecule has 0 aromatic heterocycles. The predicted octanol–water partition coefficient (Wildman–Crippen LogP) is 2.50. The van der Waals surface area contributed by atoms with Gasteiger partial charge in [-0.1, -0.05) is 18.2 Å². The number of carbonyl (C=O) groups is 1. The summed E-state index contributed by atoms with van der Waals surface area (Å²) in [4.78, 5) is 11.9. The number of hydrogen-bond acceptors (Lipinski definition) is 2.